The first kappa shape index (κ1) is 34.8. The number of carbonyl (C=O) groups is 2. The number of thiophene rings is 1. The number of carbonyl (C=O) groups excluding carboxylic acids is 2. The Balaban J connectivity index is 1.24. The molecule has 0 radical (unpaired) electrons. The maximum atomic E-state index is 15.2. The average Bonchev–Trinajstić information content (AvgIpc) is 3.50. The number of nitrogens with one attached hydrogen (secondary N) is 2. The van der Waals surface area contributed by atoms with Crippen LogP contribution in [-0.4, -0.2) is 57.6 Å². The molecular formula is C36H41ClFN3O4SSi. The van der Waals surface area contributed by atoms with Gasteiger partial charge in [0, 0.05) is 31.9 Å². The third-order valence-electron chi connectivity index (χ3n) is 8.56. The number of aliphatic hydroxyl groups is 1. The van der Waals surface area contributed by atoms with E-state index in [4.69, 9.17) is 16.0 Å². The van der Waals surface area contributed by atoms with Gasteiger partial charge in [0.25, 0.3) is 14.2 Å². The molecule has 1 fully saturated rings. The van der Waals surface area contributed by atoms with E-state index in [0.717, 1.165) is 28.1 Å². The highest BCUT2D eigenvalue weighted by Crippen LogP contribution is 2.38. The monoisotopic (exact) mass is 693 g/mol. The van der Waals surface area contributed by atoms with Gasteiger partial charge >= 0.3 is 0 Å². The Bertz CT molecular complexity index is 1630. The minimum Gasteiger partial charge on any atom is -0.407 e. The molecular weight excluding hydrogens is 653 g/mol. The number of aliphatic hydroxyl groups excluding tert-OH is 1. The van der Waals surface area contributed by atoms with Crippen molar-refractivity contribution < 1.29 is 23.5 Å². The van der Waals surface area contributed by atoms with E-state index < -0.39 is 20.2 Å². The van der Waals surface area contributed by atoms with E-state index in [0.29, 0.717) is 27.9 Å². The molecule has 7 nitrogen and oxygen atoms in total. The number of piperidine rings is 1. The summed E-state index contributed by atoms with van der Waals surface area (Å²) in [7, 11) is -2.82. The standard InChI is InChI=1S/C36H41ClFN3O4SSi/c1-36(2,3)47(28-12-6-4-7-13-28,29-14-8-5-9-15-29)45-24-25-11-10-20-41(35(25)44)26-16-17-31(30(38)21-26)39-22-27(42)23-40-34(43)32-18-19-33(37)46-32/h4-9,12-19,21,25,27,39,42H,10-11,20,22-24H2,1-3H3,(H,40,43)/t25?,27-/m0/s1. The van der Waals surface area contributed by atoms with Crippen LogP contribution < -0.4 is 25.9 Å². The van der Waals surface area contributed by atoms with Crippen LogP contribution >= 0.6 is 22.9 Å². The summed E-state index contributed by atoms with van der Waals surface area (Å²) in [5.74, 6) is -1.31. The second-order valence-electron chi connectivity index (χ2n) is 12.8. The van der Waals surface area contributed by atoms with Gasteiger partial charge < -0.3 is 25.1 Å². The summed E-state index contributed by atoms with van der Waals surface area (Å²) in [6.07, 6.45) is 0.523. The second-order valence-corrected chi connectivity index (χ2v) is 18.8. The highest BCUT2D eigenvalue weighted by molar-refractivity contribution is 7.18. The summed E-state index contributed by atoms with van der Waals surface area (Å²) < 4.78 is 22.8. The molecule has 3 aromatic carbocycles. The van der Waals surface area contributed by atoms with E-state index in [2.05, 4.69) is 55.7 Å². The van der Waals surface area contributed by atoms with Crippen molar-refractivity contribution in [1.29, 1.82) is 0 Å². The molecule has 0 saturated carbocycles. The molecule has 0 bridgehead atoms. The number of hydrogen-bond acceptors (Lipinski definition) is 6. The van der Waals surface area contributed by atoms with Gasteiger partial charge in [-0.05, 0) is 58.6 Å². The maximum Gasteiger partial charge on any atom is 0.261 e. The van der Waals surface area contributed by atoms with Crippen molar-refractivity contribution in [2.24, 2.45) is 5.92 Å². The zero-order valence-electron chi connectivity index (χ0n) is 26.8. The molecule has 248 valence electrons. The van der Waals surface area contributed by atoms with Crippen molar-refractivity contribution in [2.75, 3.05) is 36.5 Å². The van der Waals surface area contributed by atoms with Crippen LogP contribution in [0.15, 0.2) is 91.0 Å². The molecule has 1 aliphatic heterocycles. The summed E-state index contributed by atoms with van der Waals surface area (Å²) in [6.45, 7) is 7.41. The van der Waals surface area contributed by atoms with Crippen LogP contribution in [0.2, 0.25) is 9.37 Å². The lowest BCUT2D eigenvalue weighted by atomic mass is 9.97. The van der Waals surface area contributed by atoms with E-state index in [1.165, 1.54) is 6.07 Å². The predicted molar refractivity (Wildman–Crippen MR) is 191 cm³/mol. The average molecular weight is 694 g/mol. The van der Waals surface area contributed by atoms with Gasteiger partial charge in [-0.2, -0.15) is 0 Å². The number of hydrogen-bond donors (Lipinski definition) is 3. The zero-order chi connectivity index (χ0) is 33.6. The Hall–Kier alpha value is -3.54. The van der Waals surface area contributed by atoms with Gasteiger partial charge in [0.2, 0.25) is 5.91 Å². The largest absolute Gasteiger partial charge is 0.407 e. The summed E-state index contributed by atoms with van der Waals surface area (Å²) in [6, 6.07) is 28.6. The molecule has 4 aromatic rings. The van der Waals surface area contributed by atoms with Gasteiger partial charge in [-0.25, -0.2) is 4.39 Å². The smallest absolute Gasteiger partial charge is 0.261 e. The van der Waals surface area contributed by atoms with Crippen LogP contribution in [0.5, 0.6) is 0 Å². The van der Waals surface area contributed by atoms with Crippen LogP contribution in [-0.2, 0) is 9.22 Å². The van der Waals surface area contributed by atoms with Gasteiger partial charge in [-0.15, -0.1) is 11.3 Å². The van der Waals surface area contributed by atoms with Crippen LogP contribution in [0.25, 0.3) is 0 Å². The first-order chi connectivity index (χ1) is 22.5. The van der Waals surface area contributed by atoms with Crippen molar-refractivity contribution in [3.8, 4) is 0 Å². The highest BCUT2D eigenvalue weighted by atomic mass is 35.5. The molecule has 2 atom stereocenters. The minimum absolute atomic E-state index is 0.0132. The van der Waals surface area contributed by atoms with Crippen molar-refractivity contribution >= 4 is 64.8 Å². The quantitative estimate of drug-likeness (QED) is 0.157. The van der Waals surface area contributed by atoms with E-state index in [-0.39, 0.29) is 48.2 Å². The summed E-state index contributed by atoms with van der Waals surface area (Å²) in [5.41, 5.74) is 0.677. The molecule has 2 amide bonds. The molecule has 1 aromatic heterocycles. The molecule has 1 aliphatic rings. The Morgan fingerprint density at radius 3 is 2.28 bits per heavy atom. The number of amides is 2. The second kappa shape index (κ2) is 15.1. The zero-order valence-corrected chi connectivity index (χ0v) is 29.4. The van der Waals surface area contributed by atoms with Crippen molar-refractivity contribution in [3.63, 3.8) is 0 Å². The lowest BCUT2D eigenvalue weighted by Crippen LogP contribution is -2.67. The third kappa shape index (κ3) is 7.96. The Kier molecular flexibility index (Phi) is 11.2. The number of rotatable bonds is 12. The van der Waals surface area contributed by atoms with Gasteiger partial charge in [0.1, 0.15) is 5.82 Å². The number of benzene rings is 3. The van der Waals surface area contributed by atoms with Crippen LogP contribution in [0.3, 0.4) is 0 Å². The fourth-order valence-corrected chi connectivity index (χ4v) is 11.8. The fourth-order valence-electron chi connectivity index (χ4n) is 6.20. The topological polar surface area (TPSA) is 90.9 Å². The third-order valence-corrected chi connectivity index (χ3v) is 14.8. The first-order valence-electron chi connectivity index (χ1n) is 15.8. The number of halogens is 2. The fraction of sp³-hybridized carbons (Fsp3) is 0.333. The number of anilines is 2. The predicted octanol–water partition coefficient (Wildman–Crippen LogP) is 6.06. The Morgan fingerprint density at radius 2 is 1.70 bits per heavy atom. The molecule has 11 heteroatoms. The molecule has 3 N–H and O–H groups in total. The van der Waals surface area contributed by atoms with E-state index in [1.807, 2.05) is 36.4 Å². The molecule has 2 heterocycles. The molecule has 1 unspecified atom stereocenters. The van der Waals surface area contributed by atoms with Gasteiger partial charge in [-0.1, -0.05) is 93.0 Å². The lowest BCUT2D eigenvalue weighted by Gasteiger charge is -2.44. The SMILES string of the molecule is CC(C)(C)[Si](OCC1CCCN(c2ccc(NC[C@H](O)CNC(=O)c3ccc(Cl)s3)c(F)c2)C1=O)(c1ccccc1)c1ccccc1. The molecule has 1 saturated heterocycles. The van der Waals surface area contributed by atoms with Gasteiger partial charge in [0.15, 0.2) is 0 Å². The normalized spacial score (nSPS) is 16.2. The van der Waals surface area contributed by atoms with E-state index in [1.54, 1.807) is 29.2 Å². The van der Waals surface area contributed by atoms with Crippen molar-refractivity contribution in [1.82, 2.24) is 5.32 Å². The van der Waals surface area contributed by atoms with E-state index >= 15 is 4.39 Å². The van der Waals surface area contributed by atoms with Crippen LogP contribution in [0.4, 0.5) is 15.8 Å². The van der Waals surface area contributed by atoms with Crippen molar-refractivity contribution in [3.05, 3.63) is 106 Å². The molecule has 5 rings (SSSR count). The Labute approximate surface area is 285 Å². The van der Waals surface area contributed by atoms with Crippen LogP contribution in [0.1, 0.15) is 43.3 Å². The van der Waals surface area contributed by atoms with Crippen LogP contribution in [0, 0.1) is 11.7 Å². The maximum absolute atomic E-state index is 15.2. The lowest BCUT2D eigenvalue weighted by molar-refractivity contribution is -0.124. The Morgan fingerprint density at radius 1 is 1.04 bits per heavy atom. The summed E-state index contributed by atoms with van der Waals surface area (Å²) in [5, 5.41) is 18.0. The highest BCUT2D eigenvalue weighted by Gasteiger charge is 2.50. The minimum atomic E-state index is -2.82. The first-order valence-corrected chi connectivity index (χ1v) is 18.9. The van der Waals surface area contributed by atoms with E-state index in [9.17, 15) is 14.7 Å². The molecule has 0 aliphatic carbocycles. The van der Waals surface area contributed by atoms with Gasteiger partial charge in [0.05, 0.1) is 26.9 Å². The summed E-state index contributed by atoms with van der Waals surface area (Å²) >= 11 is 7.03. The van der Waals surface area contributed by atoms with Gasteiger partial charge in [-0.3, -0.25) is 9.59 Å². The molecule has 47 heavy (non-hydrogen) atoms. The number of nitrogens with zero attached hydrogens (tertiary/aromatic N) is 1. The van der Waals surface area contributed by atoms with Crippen molar-refractivity contribution in [2.45, 2.75) is 44.8 Å². The molecule has 0 spiro atoms. The summed E-state index contributed by atoms with van der Waals surface area (Å²) in [4.78, 5) is 28.2.